The van der Waals surface area contributed by atoms with Gasteiger partial charge in [-0.1, -0.05) is 35.3 Å². The molecule has 0 aliphatic carbocycles. The van der Waals surface area contributed by atoms with Gasteiger partial charge in [-0.2, -0.15) is 0 Å². The third kappa shape index (κ3) is 3.12. The van der Waals surface area contributed by atoms with Crippen molar-refractivity contribution in [3.63, 3.8) is 0 Å². The third-order valence-electron chi connectivity index (χ3n) is 4.32. The van der Waals surface area contributed by atoms with Crippen LogP contribution in [0.5, 0.6) is 5.88 Å². The zero-order valence-corrected chi connectivity index (χ0v) is 15.5. The minimum absolute atomic E-state index is 0.0358. The molecule has 1 aromatic heterocycles. The lowest BCUT2D eigenvalue weighted by Crippen LogP contribution is -2.17. The number of aromatic nitrogens is 2. The predicted molar refractivity (Wildman–Crippen MR) is 105 cm³/mol. The highest BCUT2D eigenvalue weighted by molar-refractivity contribution is 6.32. The molecule has 0 amide bonds. The Morgan fingerprint density at radius 1 is 1.18 bits per heavy atom. The van der Waals surface area contributed by atoms with E-state index in [1.165, 1.54) is 30.5 Å². The molecule has 5 nitrogen and oxygen atoms in total. The number of H-pyrrole nitrogens is 1. The zero-order valence-electron chi connectivity index (χ0n) is 14.0. The molecule has 2 N–H and O–H groups in total. The van der Waals surface area contributed by atoms with Gasteiger partial charge in [0.1, 0.15) is 17.2 Å². The molecule has 4 rings (SSSR count). The van der Waals surface area contributed by atoms with Crippen molar-refractivity contribution >= 4 is 46.8 Å². The van der Waals surface area contributed by atoms with Crippen molar-refractivity contribution in [2.24, 2.45) is 4.99 Å². The van der Waals surface area contributed by atoms with Gasteiger partial charge in [-0.3, -0.25) is 9.56 Å². The van der Waals surface area contributed by atoms with Crippen LogP contribution in [0.4, 0.5) is 14.5 Å². The van der Waals surface area contributed by atoms with Crippen molar-refractivity contribution in [2.45, 2.75) is 6.54 Å². The van der Waals surface area contributed by atoms with Crippen LogP contribution in [-0.4, -0.2) is 20.9 Å². The predicted octanol–water partition coefficient (Wildman–Crippen LogP) is 4.77. The fourth-order valence-electron chi connectivity index (χ4n) is 2.92. The lowest BCUT2D eigenvalue weighted by molar-refractivity contribution is 0.420. The van der Waals surface area contributed by atoms with Gasteiger partial charge in [0, 0.05) is 17.4 Å². The number of hydrogen-bond donors (Lipinski definition) is 2. The molecule has 3 aromatic rings. The number of imidazole rings is 1. The van der Waals surface area contributed by atoms with E-state index in [4.69, 9.17) is 23.2 Å². The van der Waals surface area contributed by atoms with Gasteiger partial charge in [-0.05, 0) is 29.8 Å². The summed E-state index contributed by atoms with van der Waals surface area (Å²) in [5, 5.41) is 10.3. The summed E-state index contributed by atoms with van der Waals surface area (Å²) in [5.74, 6) is -1.60. The van der Waals surface area contributed by atoms with E-state index in [0.29, 0.717) is 16.7 Å². The SMILES string of the molecule is O=c1[nH]c(/C=C2\C=Nc3c2ccc(Cl)c3F)c(O)n1Cc1ccc(Cl)c(F)c1. The van der Waals surface area contributed by atoms with Crippen molar-refractivity contribution in [2.75, 3.05) is 0 Å². The third-order valence-corrected chi connectivity index (χ3v) is 4.92. The number of rotatable bonds is 3. The first-order chi connectivity index (χ1) is 13.3. The van der Waals surface area contributed by atoms with Crippen LogP contribution in [0.3, 0.4) is 0 Å². The summed E-state index contributed by atoms with van der Waals surface area (Å²) >= 11 is 11.4. The molecule has 2 aromatic carbocycles. The Bertz CT molecular complexity index is 1230. The van der Waals surface area contributed by atoms with Gasteiger partial charge in [0.15, 0.2) is 5.82 Å². The van der Waals surface area contributed by atoms with Crippen LogP contribution in [0.2, 0.25) is 10.0 Å². The maximum atomic E-state index is 14.0. The van der Waals surface area contributed by atoms with Crippen LogP contribution in [-0.2, 0) is 6.54 Å². The maximum absolute atomic E-state index is 14.0. The van der Waals surface area contributed by atoms with Gasteiger partial charge >= 0.3 is 5.69 Å². The van der Waals surface area contributed by atoms with E-state index in [-0.39, 0.29) is 33.9 Å². The number of benzene rings is 2. The Morgan fingerprint density at radius 3 is 2.68 bits per heavy atom. The summed E-state index contributed by atoms with van der Waals surface area (Å²) in [6.07, 6.45) is 2.88. The molecule has 0 bridgehead atoms. The number of aliphatic imine (C=N–C) groups is 1. The number of nitrogens with one attached hydrogen (secondary N) is 1. The topological polar surface area (TPSA) is 70.4 Å². The highest BCUT2D eigenvalue weighted by atomic mass is 35.5. The molecule has 1 aliphatic rings. The van der Waals surface area contributed by atoms with Crippen LogP contribution in [0, 0.1) is 11.6 Å². The van der Waals surface area contributed by atoms with Gasteiger partial charge in [-0.25, -0.2) is 13.6 Å². The molecule has 28 heavy (non-hydrogen) atoms. The second kappa shape index (κ2) is 6.92. The molecule has 1 aliphatic heterocycles. The number of fused-ring (bicyclic) bond motifs is 1. The van der Waals surface area contributed by atoms with E-state index in [2.05, 4.69) is 9.98 Å². The number of aromatic amines is 1. The van der Waals surface area contributed by atoms with Gasteiger partial charge < -0.3 is 10.1 Å². The molecular weight excluding hydrogens is 411 g/mol. The Morgan fingerprint density at radius 2 is 1.93 bits per heavy atom. The molecule has 0 saturated heterocycles. The molecule has 0 unspecified atom stereocenters. The lowest BCUT2D eigenvalue weighted by Gasteiger charge is -2.05. The lowest BCUT2D eigenvalue weighted by atomic mass is 10.1. The molecule has 2 heterocycles. The fraction of sp³-hybridized carbons (Fsp3) is 0.0526. The van der Waals surface area contributed by atoms with Crippen LogP contribution in [0.25, 0.3) is 11.6 Å². The minimum atomic E-state index is -0.640. The molecule has 9 heteroatoms. The average molecular weight is 422 g/mol. The number of aromatic hydroxyl groups is 1. The second-order valence-electron chi connectivity index (χ2n) is 6.12. The Hall–Kier alpha value is -2.90. The van der Waals surface area contributed by atoms with Crippen molar-refractivity contribution < 1.29 is 13.9 Å². The normalized spacial score (nSPS) is 14.1. The summed E-state index contributed by atoms with van der Waals surface area (Å²) in [7, 11) is 0. The first-order valence-corrected chi connectivity index (χ1v) is 8.80. The maximum Gasteiger partial charge on any atom is 0.329 e. The monoisotopic (exact) mass is 421 g/mol. The van der Waals surface area contributed by atoms with Gasteiger partial charge in [0.05, 0.1) is 16.6 Å². The Kier molecular flexibility index (Phi) is 4.56. The van der Waals surface area contributed by atoms with E-state index >= 15 is 0 Å². The molecule has 0 radical (unpaired) electrons. The summed E-state index contributed by atoms with van der Waals surface area (Å²) in [6, 6.07) is 7.11. The minimum Gasteiger partial charge on any atom is -0.493 e. The number of halogens is 4. The Balaban J connectivity index is 1.71. The van der Waals surface area contributed by atoms with Crippen LogP contribution in [0.15, 0.2) is 40.1 Å². The molecular formula is C19H11Cl2F2N3O2. The number of allylic oxidation sites excluding steroid dienone is 1. The summed E-state index contributed by atoms with van der Waals surface area (Å²) in [4.78, 5) is 18.7. The van der Waals surface area contributed by atoms with Gasteiger partial charge in [-0.15, -0.1) is 0 Å². The van der Waals surface area contributed by atoms with Crippen LogP contribution >= 0.6 is 23.2 Å². The number of hydrogen-bond acceptors (Lipinski definition) is 3. The first-order valence-electron chi connectivity index (χ1n) is 8.05. The second-order valence-corrected chi connectivity index (χ2v) is 6.93. The van der Waals surface area contributed by atoms with E-state index in [0.717, 1.165) is 4.57 Å². The first kappa shape index (κ1) is 18.5. The van der Waals surface area contributed by atoms with E-state index in [1.54, 1.807) is 12.1 Å². The highest BCUT2D eigenvalue weighted by Gasteiger charge is 2.20. The van der Waals surface area contributed by atoms with E-state index < -0.39 is 17.3 Å². The zero-order chi connectivity index (χ0) is 20.0. The van der Waals surface area contributed by atoms with Gasteiger partial charge in [0.2, 0.25) is 5.88 Å². The molecule has 0 spiro atoms. The van der Waals surface area contributed by atoms with Crippen molar-refractivity contribution in [1.82, 2.24) is 9.55 Å². The number of nitrogens with zero attached hydrogens (tertiary/aromatic N) is 2. The molecule has 0 atom stereocenters. The van der Waals surface area contributed by atoms with Crippen LogP contribution in [0.1, 0.15) is 16.8 Å². The standard InChI is InChI=1S/C19H11Cl2F2N3O2/c20-12-3-1-9(5-14(12)22)8-26-18(27)15(25-19(26)28)6-10-7-24-17-11(10)2-4-13(21)16(17)23/h1-7,27H,8H2,(H,25,28)/b10-6+. The Labute approximate surface area is 167 Å². The van der Waals surface area contributed by atoms with E-state index in [1.807, 2.05) is 0 Å². The quantitative estimate of drug-likeness (QED) is 0.639. The van der Waals surface area contributed by atoms with Crippen molar-refractivity contribution in [3.8, 4) is 5.88 Å². The molecule has 0 saturated carbocycles. The largest absolute Gasteiger partial charge is 0.493 e. The summed E-state index contributed by atoms with van der Waals surface area (Å²) in [6.45, 7) is -0.0622. The highest BCUT2D eigenvalue weighted by Crippen LogP contribution is 2.38. The van der Waals surface area contributed by atoms with Crippen molar-refractivity contribution in [3.05, 3.63) is 79.3 Å². The summed E-state index contributed by atoms with van der Waals surface area (Å²) in [5.41, 5.74) is 1.04. The van der Waals surface area contributed by atoms with E-state index in [9.17, 15) is 18.7 Å². The smallest absolute Gasteiger partial charge is 0.329 e. The molecule has 0 fully saturated rings. The van der Waals surface area contributed by atoms with Crippen molar-refractivity contribution in [1.29, 1.82) is 0 Å². The van der Waals surface area contributed by atoms with Gasteiger partial charge in [0.25, 0.3) is 0 Å². The summed E-state index contributed by atoms with van der Waals surface area (Å²) < 4.78 is 28.7. The molecule has 142 valence electrons. The van der Waals surface area contributed by atoms with Crippen LogP contribution < -0.4 is 5.69 Å². The fourth-order valence-corrected chi connectivity index (χ4v) is 3.19. The average Bonchev–Trinajstić information content (AvgIpc) is 3.18.